The summed E-state index contributed by atoms with van der Waals surface area (Å²) in [6, 6.07) is 9.91. The van der Waals surface area contributed by atoms with Gasteiger partial charge in [0.2, 0.25) is 5.91 Å². The second kappa shape index (κ2) is 8.40. The van der Waals surface area contributed by atoms with Crippen LogP contribution >= 0.6 is 0 Å². The molecule has 2 unspecified atom stereocenters. The van der Waals surface area contributed by atoms with Gasteiger partial charge in [-0.3, -0.25) is 14.5 Å². The Morgan fingerprint density at radius 2 is 1.67 bits per heavy atom. The predicted molar refractivity (Wildman–Crippen MR) is 104 cm³/mol. The summed E-state index contributed by atoms with van der Waals surface area (Å²) >= 11 is 0. The lowest BCUT2D eigenvalue weighted by atomic mass is 9.96. The smallest absolute Gasteiger partial charge is 0.253 e. The van der Waals surface area contributed by atoms with Crippen LogP contribution in [0.25, 0.3) is 0 Å². The lowest BCUT2D eigenvalue weighted by Crippen LogP contribution is -2.50. The van der Waals surface area contributed by atoms with Crippen molar-refractivity contribution in [3.63, 3.8) is 0 Å². The van der Waals surface area contributed by atoms with Crippen LogP contribution in [0.4, 0.5) is 0 Å². The molecule has 1 aromatic rings. The van der Waals surface area contributed by atoms with Crippen LogP contribution in [0.2, 0.25) is 0 Å². The molecule has 3 heterocycles. The van der Waals surface area contributed by atoms with E-state index in [-0.39, 0.29) is 17.7 Å². The molecule has 0 aliphatic carbocycles. The number of piperazine rings is 1. The number of hydrogen-bond acceptors (Lipinski definition) is 4. The highest BCUT2D eigenvalue weighted by Crippen LogP contribution is 2.24. The Kier molecular flexibility index (Phi) is 5.74. The molecule has 146 valence electrons. The molecule has 0 aromatic heterocycles. The number of piperidine rings is 1. The molecule has 0 radical (unpaired) electrons. The first kappa shape index (κ1) is 18.4. The van der Waals surface area contributed by atoms with Crippen LogP contribution in [0.3, 0.4) is 0 Å². The maximum Gasteiger partial charge on any atom is 0.253 e. The molecular weight excluding hydrogens is 340 g/mol. The Morgan fingerprint density at radius 3 is 2.44 bits per heavy atom. The zero-order valence-corrected chi connectivity index (χ0v) is 16.0. The molecule has 6 nitrogen and oxygen atoms in total. The largest absolute Gasteiger partial charge is 0.341 e. The number of likely N-dealkylation sites (tertiary alicyclic amines) is 2. The van der Waals surface area contributed by atoms with Gasteiger partial charge in [-0.05, 0) is 31.4 Å². The van der Waals surface area contributed by atoms with Crippen LogP contribution in [0.5, 0.6) is 0 Å². The van der Waals surface area contributed by atoms with E-state index in [9.17, 15) is 9.59 Å². The van der Waals surface area contributed by atoms with Crippen molar-refractivity contribution in [2.24, 2.45) is 5.92 Å². The van der Waals surface area contributed by atoms with Crippen molar-refractivity contribution >= 4 is 11.8 Å². The summed E-state index contributed by atoms with van der Waals surface area (Å²) in [6.45, 7) is 7.26. The van der Waals surface area contributed by atoms with E-state index in [1.807, 2.05) is 40.1 Å². The number of benzene rings is 1. The molecule has 6 heteroatoms. The minimum Gasteiger partial charge on any atom is -0.341 e. The Bertz CT molecular complexity index is 659. The fourth-order valence-corrected chi connectivity index (χ4v) is 4.67. The monoisotopic (exact) mass is 370 g/mol. The molecule has 1 N–H and O–H groups in total. The van der Waals surface area contributed by atoms with Crippen molar-refractivity contribution in [1.29, 1.82) is 0 Å². The summed E-state index contributed by atoms with van der Waals surface area (Å²) in [5, 5.41) is 3.39. The van der Waals surface area contributed by atoms with E-state index in [1.165, 1.54) is 0 Å². The van der Waals surface area contributed by atoms with Crippen LogP contribution < -0.4 is 5.32 Å². The SMILES string of the molecule is O=C(c1ccccc1)N1CCCC(C(=O)N2CCC(N3CCNCC3)C2)C1. The number of carbonyl (C=O) groups is 2. The van der Waals surface area contributed by atoms with Gasteiger partial charge in [0.15, 0.2) is 0 Å². The van der Waals surface area contributed by atoms with Crippen molar-refractivity contribution in [1.82, 2.24) is 20.0 Å². The van der Waals surface area contributed by atoms with E-state index in [4.69, 9.17) is 0 Å². The third-order valence-corrected chi connectivity index (χ3v) is 6.22. The van der Waals surface area contributed by atoms with E-state index >= 15 is 0 Å². The highest BCUT2D eigenvalue weighted by molar-refractivity contribution is 5.94. The average Bonchev–Trinajstić information content (AvgIpc) is 3.24. The normalized spacial score (nSPS) is 27.0. The van der Waals surface area contributed by atoms with E-state index in [0.717, 1.165) is 65.1 Å². The molecule has 1 aromatic carbocycles. The molecule has 27 heavy (non-hydrogen) atoms. The number of nitrogens with zero attached hydrogens (tertiary/aromatic N) is 3. The Balaban J connectivity index is 1.34. The molecule has 3 aliphatic heterocycles. The van der Waals surface area contributed by atoms with Gasteiger partial charge in [0.25, 0.3) is 5.91 Å². The van der Waals surface area contributed by atoms with E-state index < -0.39 is 0 Å². The summed E-state index contributed by atoms with van der Waals surface area (Å²) in [6.07, 6.45) is 2.88. The van der Waals surface area contributed by atoms with Gasteiger partial charge in [-0.15, -0.1) is 0 Å². The van der Waals surface area contributed by atoms with Crippen LogP contribution in [0.1, 0.15) is 29.6 Å². The quantitative estimate of drug-likeness (QED) is 0.864. The summed E-state index contributed by atoms with van der Waals surface area (Å²) in [7, 11) is 0. The highest BCUT2D eigenvalue weighted by atomic mass is 16.2. The zero-order valence-electron chi connectivity index (χ0n) is 16.0. The van der Waals surface area contributed by atoms with Gasteiger partial charge in [0.1, 0.15) is 0 Å². The fraction of sp³-hybridized carbons (Fsp3) is 0.619. The topological polar surface area (TPSA) is 55.9 Å². The number of hydrogen-bond donors (Lipinski definition) is 1. The molecule has 0 bridgehead atoms. The van der Waals surface area contributed by atoms with Crippen LogP contribution in [0.15, 0.2) is 30.3 Å². The molecule has 2 amide bonds. The van der Waals surface area contributed by atoms with Crippen molar-refractivity contribution in [2.75, 3.05) is 52.4 Å². The first-order valence-corrected chi connectivity index (χ1v) is 10.3. The van der Waals surface area contributed by atoms with Crippen molar-refractivity contribution in [2.45, 2.75) is 25.3 Å². The fourth-order valence-electron chi connectivity index (χ4n) is 4.67. The van der Waals surface area contributed by atoms with Crippen LogP contribution in [0, 0.1) is 5.92 Å². The number of nitrogens with one attached hydrogen (secondary N) is 1. The minimum atomic E-state index is -0.0480. The van der Waals surface area contributed by atoms with Crippen molar-refractivity contribution in [3.05, 3.63) is 35.9 Å². The predicted octanol–water partition coefficient (Wildman–Crippen LogP) is 1.04. The lowest BCUT2D eigenvalue weighted by Gasteiger charge is -2.35. The third kappa shape index (κ3) is 4.17. The number of amides is 2. The van der Waals surface area contributed by atoms with Gasteiger partial charge in [0, 0.05) is 64.0 Å². The molecular formula is C21H30N4O2. The Hall–Kier alpha value is -1.92. The Labute approximate surface area is 161 Å². The van der Waals surface area contributed by atoms with Gasteiger partial charge in [-0.1, -0.05) is 18.2 Å². The Morgan fingerprint density at radius 1 is 0.889 bits per heavy atom. The van der Waals surface area contributed by atoms with Gasteiger partial charge in [-0.2, -0.15) is 0 Å². The number of carbonyl (C=O) groups excluding carboxylic acids is 2. The van der Waals surface area contributed by atoms with Gasteiger partial charge in [0.05, 0.1) is 5.92 Å². The third-order valence-electron chi connectivity index (χ3n) is 6.22. The molecule has 3 saturated heterocycles. The van der Waals surface area contributed by atoms with E-state index in [2.05, 4.69) is 10.2 Å². The molecule has 4 rings (SSSR count). The summed E-state index contributed by atoms with van der Waals surface area (Å²) < 4.78 is 0. The first-order chi connectivity index (χ1) is 13.2. The molecule has 3 fully saturated rings. The van der Waals surface area contributed by atoms with Crippen LogP contribution in [-0.2, 0) is 4.79 Å². The van der Waals surface area contributed by atoms with Gasteiger partial charge >= 0.3 is 0 Å². The van der Waals surface area contributed by atoms with Gasteiger partial charge < -0.3 is 15.1 Å². The summed E-state index contributed by atoms with van der Waals surface area (Å²) in [5.41, 5.74) is 0.713. The molecule has 3 aliphatic rings. The maximum atomic E-state index is 13.1. The minimum absolute atomic E-state index is 0.0480. The van der Waals surface area contributed by atoms with Crippen LogP contribution in [-0.4, -0.2) is 84.9 Å². The van der Waals surface area contributed by atoms with E-state index in [1.54, 1.807) is 0 Å². The summed E-state index contributed by atoms with van der Waals surface area (Å²) in [4.78, 5) is 32.3. The molecule has 0 saturated carbocycles. The standard InChI is InChI=1S/C21H30N4O2/c26-20(17-5-2-1-3-6-17)24-11-4-7-18(15-24)21(27)25-12-8-19(16-25)23-13-9-22-10-14-23/h1-3,5-6,18-19,22H,4,7-16H2. The van der Waals surface area contributed by atoms with Gasteiger partial charge in [-0.25, -0.2) is 0 Å². The zero-order chi connectivity index (χ0) is 18.6. The highest BCUT2D eigenvalue weighted by Gasteiger charge is 2.36. The molecule has 0 spiro atoms. The first-order valence-electron chi connectivity index (χ1n) is 10.3. The second-order valence-electron chi connectivity index (χ2n) is 7.97. The molecule has 2 atom stereocenters. The number of rotatable bonds is 3. The second-order valence-corrected chi connectivity index (χ2v) is 7.97. The maximum absolute atomic E-state index is 13.1. The lowest BCUT2D eigenvalue weighted by molar-refractivity contribution is -0.136. The average molecular weight is 370 g/mol. The van der Waals surface area contributed by atoms with Crippen molar-refractivity contribution < 1.29 is 9.59 Å². The van der Waals surface area contributed by atoms with Crippen molar-refractivity contribution in [3.8, 4) is 0 Å². The van der Waals surface area contributed by atoms with E-state index in [0.29, 0.717) is 18.2 Å². The summed E-state index contributed by atoms with van der Waals surface area (Å²) in [5.74, 6) is 0.250.